The van der Waals surface area contributed by atoms with E-state index in [-0.39, 0.29) is 5.78 Å². The van der Waals surface area contributed by atoms with Crippen molar-refractivity contribution in [2.24, 2.45) is 0 Å². The van der Waals surface area contributed by atoms with Gasteiger partial charge < -0.3 is 5.32 Å². The smallest absolute Gasteiger partial charge is 0.154 e. The van der Waals surface area contributed by atoms with Crippen LogP contribution >= 0.6 is 0 Å². The van der Waals surface area contributed by atoms with Gasteiger partial charge in [0, 0.05) is 0 Å². The van der Waals surface area contributed by atoms with Crippen molar-refractivity contribution in [3.8, 4) is 0 Å². The molecule has 52 valence electrons. The van der Waals surface area contributed by atoms with Crippen LogP contribution in [0.1, 0.15) is 20.8 Å². The summed E-state index contributed by atoms with van der Waals surface area (Å²) in [7, 11) is 0. The van der Waals surface area contributed by atoms with Crippen molar-refractivity contribution in [2.75, 3.05) is 0 Å². The topological polar surface area (TPSA) is 29.1 Å². The number of Topliss-reactive ketones (excluding diaryl/α,β-unsaturated/α-hetero) is 1. The maximum atomic E-state index is 10.7. The van der Waals surface area contributed by atoms with Crippen LogP contribution in [0.4, 0.5) is 0 Å². The fourth-order valence-corrected chi connectivity index (χ4v) is 0.357. The van der Waals surface area contributed by atoms with Gasteiger partial charge in [-0.2, -0.15) is 0 Å². The molecule has 1 N–H and O–H groups in total. The van der Waals surface area contributed by atoms with Gasteiger partial charge in [0.1, 0.15) is 0 Å². The molecule has 0 radical (unpaired) electrons. The van der Waals surface area contributed by atoms with Crippen molar-refractivity contribution in [3.63, 3.8) is 0 Å². The Hall–Kier alpha value is -0.790. The molecule has 0 heterocycles. The second-order valence-corrected chi connectivity index (χ2v) is 2.53. The number of carbonyl (C=O) groups excluding carboxylic acids is 1. The van der Waals surface area contributed by atoms with Crippen LogP contribution < -0.4 is 5.32 Å². The van der Waals surface area contributed by atoms with E-state index < -0.39 is 5.54 Å². The molecule has 2 heteroatoms. The average molecular weight is 127 g/mol. The lowest BCUT2D eigenvalue weighted by atomic mass is 10.0. The van der Waals surface area contributed by atoms with Gasteiger partial charge in [-0.15, -0.1) is 0 Å². The Morgan fingerprint density at radius 1 is 1.67 bits per heavy atom. The predicted molar refractivity (Wildman–Crippen MR) is 38.1 cm³/mol. The van der Waals surface area contributed by atoms with Gasteiger partial charge >= 0.3 is 0 Å². The van der Waals surface area contributed by atoms with Crippen molar-refractivity contribution < 1.29 is 4.79 Å². The van der Waals surface area contributed by atoms with Crippen molar-refractivity contribution in [2.45, 2.75) is 26.3 Å². The number of rotatable bonds is 3. The van der Waals surface area contributed by atoms with Gasteiger partial charge in [-0.25, -0.2) is 0 Å². The zero-order valence-corrected chi connectivity index (χ0v) is 6.19. The molecule has 0 aromatic carbocycles. The molecular formula is C7H13NO. The van der Waals surface area contributed by atoms with Gasteiger partial charge in [-0.1, -0.05) is 6.58 Å². The van der Waals surface area contributed by atoms with Crippen molar-refractivity contribution in [1.29, 1.82) is 0 Å². The van der Waals surface area contributed by atoms with Crippen LogP contribution in [0.15, 0.2) is 12.8 Å². The Bertz CT molecular complexity index is 127. The number of ketones is 1. The lowest BCUT2D eigenvalue weighted by molar-refractivity contribution is -0.121. The standard InChI is InChI=1S/C7H13NO/c1-5-8-7(3,4)6(2)9/h5,8H,1H2,2-4H3. The summed E-state index contributed by atoms with van der Waals surface area (Å²) in [6.45, 7) is 8.65. The Morgan fingerprint density at radius 3 is 2.22 bits per heavy atom. The van der Waals surface area contributed by atoms with Crippen molar-refractivity contribution in [1.82, 2.24) is 5.32 Å². The van der Waals surface area contributed by atoms with Gasteiger partial charge in [0.2, 0.25) is 0 Å². The molecule has 0 saturated heterocycles. The van der Waals surface area contributed by atoms with E-state index in [4.69, 9.17) is 0 Å². The quantitative estimate of drug-likeness (QED) is 0.614. The van der Waals surface area contributed by atoms with E-state index in [1.165, 1.54) is 6.20 Å². The largest absolute Gasteiger partial charge is 0.380 e. The highest BCUT2D eigenvalue weighted by molar-refractivity contribution is 5.85. The van der Waals surface area contributed by atoms with Crippen LogP contribution in [0.25, 0.3) is 0 Å². The monoisotopic (exact) mass is 127 g/mol. The molecule has 9 heavy (non-hydrogen) atoms. The summed E-state index contributed by atoms with van der Waals surface area (Å²) >= 11 is 0. The number of hydrogen-bond acceptors (Lipinski definition) is 2. The molecule has 0 rings (SSSR count). The molecule has 0 unspecified atom stereocenters. The fourth-order valence-electron chi connectivity index (χ4n) is 0.357. The molecule has 0 fully saturated rings. The summed E-state index contributed by atoms with van der Waals surface area (Å²) in [5, 5.41) is 2.84. The summed E-state index contributed by atoms with van der Waals surface area (Å²) in [6.07, 6.45) is 1.53. The normalized spacial score (nSPS) is 10.6. The van der Waals surface area contributed by atoms with E-state index >= 15 is 0 Å². The first-order chi connectivity index (χ1) is 4.00. The maximum Gasteiger partial charge on any atom is 0.154 e. The Morgan fingerprint density at radius 2 is 2.11 bits per heavy atom. The Balaban J connectivity index is 4.00. The van der Waals surface area contributed by atoms with Gasteiger partial charge in [-0.05, 0) is 27.0 Å². The SMILES string of the molecule is C=CNC(C)(C)C(C)=O. The highest BCUT2D eigenvalue weighted by atomic mass is 16.1. The zero-order valence-electron chi connectivity index (χ0n) is 6.19. The zero-order chi connectivity index (χ0) is 7.49. The molecule has 0 amide bonds. The molecular weight excluding hydrogens is 114 g/mol. The van der Waals surface area contributed by atoms with Gasteiger partial charge in [0.25, 0.3) is 0 Å². The minimum atomic E-state index is -0.457. The first-order valence-electron chi connectivity index (χ1n) is 2.90. The minimum Gasteiger partial charge on any atom is -0.380 e. The van der Waals surface area contributed by atoms with Crippen LogP contribution in [0, 0.1) is 0 Å². The first kappa shape index (κ1) is 8.21. The molecule has 0 spiro atoms. The number of nitrogens with one attached hydrogen (secondary N) is 1. The average Bonchev–Trinajstić information content (AvgIpc) is 1.65. The molecule has 0 aliphatic carbocycles. The van der Waals surface area contributed by atoms with Crippen molar-refractivity contribution in [3.05, 3.63) is 12.8 Å². The van der Waals surface area contributed by atoms with Crippen LogP contribution in [0.5, 0.6) is 0 Å². The summed E-state index contributed by atoms with van der Waals surface area (Å²) in [6, 6.07) is 0. The molecule has 0 bridgehead atoms. The fraction of sp³-hybridized carbons (Fsp3) is 0.571. The second-order valence-electron chi connectivity index (χ2n) is 2.53. The van der Waals surface area contributed by atoms with Crippen LogP contribution in [-0.4, -0.2) is 11.3 Å². The number of carbonyl (C=O) groups is 1. The highest BCUT2D eigenvalue weighted by Gasteiger charge is 2.20. The van der Waals surface area contributed by atoms with Crippen LogP contribution in [0.2, 0.25) is 0 Å². The van der Waals surface area contributed by atoms with E-state index in [1.54, 1.807) is 6.92 Å². The third kappa shape index (κ3) is 2.31. The molecule has 0 saturated carbocycles. The third-order valence-electron chi connectivity index (χ3n) is 1.34. The molecule has 2 nitrogen and oxygen atoms in total. The lowest BCUT2D eigenvalue weighted by Gasteiger charge is -2.20. The summed E-state index contributed by atoms with van der Waals surface area (Å²) < 4.78 is 0. The minimum absolute atomic E-state index is 0.113. The molecule has 0 aliphatic rings. The van der Waals surface area contributed by atoms with E-state index in [0.717, 1.165) is 0 Å². The first-order valence-corrected chi connectivity index (χ1v) is 2.90. The number of hydrogen-bond donors (Lipinski definition) is 1. The van der Waals surface area contributed by atoms with Crippen LogP contribution in [0.3, 0.4) is 0 Å². The summed E-state index contributed by atoms with van der Waals surface area (Å²) in [4.78, 5) is 10.7. The maximum absolute atomic E-state index is 10.7. The summed E-state index contributed by atoms with van der Waals surface area (Å²) in [5.41, 5.74) is -0.457. The molecule has 0 aromatic heterocycles. The van der Waals surface area contributed by atoms with E-state index in [2.05, 4.69) is 11.9 Å². The second kappa shape index (κ2) is 2.67. The Kier molecular flexibility index (Phi) is 2.43. The highest BCUT2D eigenvalue weighted by Crippen LogP contribution is 2.01. The molecule has 0 atom stereocenters. The van der Waals surface area contributed by atoms with E-state index in [9.17, 15) is 4.79 Å². The van der Waals surface area contributed by atoms with Gasteiger partial charge in [0.05, 0.1) is 5.54 Å². The molecule has 0 aliphatic heterocycles. The Labute approximate surface area is 56.0 Å². The van der Waals surface area contributed by atoms with Crippen LogP contribution in [-0.2, 0) is 4.79 Å². The van der Waals surface area contributed by atoms with Crippen molar-refractivity contribution >= 4 is 5.78 Å². The third-order valence-corrected chi connectivity index (χ3v) is 1.34. The molecule has 0 aromatic rings. The lowest BCUT2D eigenvalue weighted by Crippen LogP contribution is -2.42. The van der Waals surface area contributed by atoms with Gasteiger partial charge in [0.15, 0.2) is 5.78 Å². The summed E-state index contributed by atoms with van der Waals surface area (Å²) in [5.74, 6) is 0.113. The van der Waals surface area contributed by atoms with Gasteiger partial charge in [-0.3, -0.25) is 4.79 Å². The van der Waals surface area contributed by atoms with E-state index in [0.29, 0.717) is 0 Å². The van der Waals surface area contributed by atoms with E-state index in [1.807, 2.05) is 13.8 Å². The predicted octanol–water partition coefficient (Wildman–Crippen LogP) is 1.09.